The molecular formula is C16H11ClF3N5. The Hall–Kier alpha value is -2.74. The van der Waals surface area contributed by atoms with Crippen molar-refractivity contribution in [2.75, 3.05) is 5.32 Å². The number of aryl methyl sites for hydroxylation is 1. The van der Waals surface area contributed by atoms with Crippen LogP contribution in [0.4, 0.5) is 24.8 Å². The predicted molar refractivity (Wildman–Crippen MR) is 87.5 cm³/mol. The first-order valence-electron chi connectivity index (χ1n) is 7.10. The Bertz CT molecular complexity index is 883. The van der Waals surface area contributed by atoms with Crippen molar-refractivity contribution in [1.29, 1.82) is 0 Å². The van der Waals surface area contributed by atoms with E-state index >= 15 is 0 Å². The number of rotatable bonds is 3. The molecule has 0 aliphatic rings. The van der Waals surface area contributed by atoms with Gasteiger partial charge in [-0.3, -0.25) is 4.98 Å². The van der Waals surface area contributed by atoms with Gasteiger partial charge in [-0.1, -0.05) is 17.7 Å². The molecule has 1 N–H and O–H groups in total. The fourth-order valence-corrected chi connectivity index (χ4v) is 2.14. The molecule has 0 amide bonds. The minimum Gasteiger partial charge on any atom is -0.324 e. The van der Waals surface area contributed by atoms with E-state index < -0.39 is 11.7 Å². The molecule has 128 valence electrons. The van der Waals surface area contributed by atoms with Gasteiger partial charge in [-0.25, -0.2) is 15.0 Å². The zero-order valence-corrected chi connectivity index (χ0v) is 13.6. The maximum Gasteiger partial charge on any atom is 0.417 e. The van der Waals surface area contributed by atoms with Crippen molar-refractivity contribution in [2.24, 2.45) is 0 Å². The molecular weight excluding hydrogens is 355 g/mol. The Morgan fingerprint density at radius 3 is 2.44 bits per heavy atom. The summed E-state index contributed by atoms with van der Waals surface area (Å²) in [5.41, 5.74) is 0.217. The molecule has 0 unspecified atom stereocenters. The molecule has 0 saturated carbocycles. The Balaban J connectivity index is 1.93. The summed E-state index contributed by atoms with van der Waals surface area (Å²) in [6.07, 6.45) is -2.10. The van der Waals surface area contributed by atoms with Crippen LogP contribution in [-0.4, -0.2) is 19.9 Å². The normalized spacial score (nSPS) is 11.4. The molecule has 0 aromatic carbocycles. The van der Waals surface area contributed by atoms with Gasteiger partial charge in [0.1, 0.15) is 16.5 Å². The highest BCUT2D eigenvalue weighted by atomic mass is 35.5. The lowest BCUT2D eigenvalue weighted by atomic mass is 10.3. The van der Waals surface area contributed by atoms with E-state index in [1.807, 2.05) is 0 Å². The second-order valence-electron chi connectivity index (χ2n) is 5.07. The van der Waals surface area contributed by atoms with Gasteiger partial charge in [-0.15, -0.1) is 0 Å². The van der Waals surface area contributed by atoms with Crippen molar-refractivity contribution in [1.82, 2.24) is 19.9 Å². The number of pyridine rings is 2. The molecule has 0 aliphatic carbocycles. The number of alkyl halides is 3. The van der Waals surface area contributed by atoms with E-state index in [-0.39, 0.29) is 16.7 Å². The van der Waals surface area contributed by atoms with Gasteiger partial charge in [-0.2, -0.15) is 13.2 Å². The van der Waals surface area contributed by atoms with Crippen LogP contribution < -0.4 is 5.32 Å². The van der Waals surface area contributed by atoms with Gasteiger partial charge in [0.2, 0.25) is 0 Å². The Labute approximate surface area is 146 Å². The second kappa shape index (κ2) is 6.64. The van der Waals surface area contributed by atoms with Gasteiger partial charge in [0.15, 0.2) is 11.6 Å². The van der Waals surface area contributed by atoms with Crippen LogP contribution in [0.25, 0.3) is 11.5 Å². The number of hydrogen-bond donors (Lipinski definition) is 1. The molecule has 3 heterocycles. The minimum atomic E-state index is -4.44. The monoisotopic (exact) mass is 365 g/mol. The van der Waals surface area contributed by atoms with Crippen LogP contribution in [0.5, 0.6) is 0 Å². The summed E-state index contributed by atoms with van der Waals surface area (Å²) in [5.74, 6) is 0.763. The van der Waals surface area contributed by atoms with Crippen LogP contribution in [0.3, 0.4) is 0 Å². The maximum atomic E-state index is 12.6. The topological polar surface area (TPSA) is 63.6 Å². The lowest BCUT2D eigenvalue weighted by Crippen LogP contribution is -2.07. The third-order valence-corrected chi connectivity index (χ3v) is 3.70. The Morgan fingerprint density at radius 1 is 1.04 bits per heavy atom. The molecule has 5 nitrogen and oxygen atoms in total. The molecule has 3 aromatic heterocycles. The van der Waals surface area contributed by atoms with E-state index in [9.17, 15) is 13.2 Å². The number of nitrogens with zero attached hydrogens (tertiary/aromatic N) is 4. The van der Waals surface area contributed by atoms with Crippen LogP contribution in [0, 0.1) is 6.92 Å². The average Bonchev–Trinajstić information content (AvgIpc) is 2.59. The van der Waals surface area contributed by atoms with Crippen LogP contribution in [0.2, 0.25) is 5.02 Å². The fourth-order valence-electron chi connectivity index (χ4n) is 2.01. The molecule has 25 heavy (non-hydrogen) atoms. The molecule has 0 saturated heterocycles. The van der Waals surface area contributed by atoms with E-state index in [0.717, 1.165) is 12.3 Å². The van der Waals surface area contributed by atoms with E-state index in [1.54, 1.807) is 31.3 Å². The summed E-state index contributed by atoms with van der Waals surface area (Å²) < 4.78 is 37.8. The molecule has 9 heteroatoms. The molecule has 0 fully saturated rings. The first-order valence-corrected chi connectivity index (χ1v) is 7.48. The summed E-state index contributed by atoms with van der Waals surface area (Å²) in [5, 5.41) is 3.06. The molecule has 0 radical (unpaired) electrons. The minimum absolute atomic E-state index is 0.181. The van der Waals surface area contributed by atoms with Crippen LogP contribution >= 0.6 is 11.6 Å². The van der Waals surface area contributed by atoms with Crippen molar-refractivity contribution in [2.45, 2.75) is 13.1 Å². The average molecular weight is 366 g/mol. The molecule has 3 rings (SSSR count). The smallest absolute Gasteiger partial charge is 0.324 e. The number of anilines is 2. The van der Waals surface area contributed by atoms with Crippen LogP contribution in [-0.2, 0) is 6.18 Å². The summed E-state index contributed by atoms with van der Waals surface area (Å²) in [7, 11) is 0. The van der Waals surface area contributed by atoms with Gasteiger partial charge in [0.25, 0.3) is 0 Å². The van der Waals surface area contributed by atoms with Gasteiger partial charge in [0, 0.05) is 12.4 Å². The van der Waals surface area contributed by atoms with E-state index in [4.69, 9.17) is 11.6 Å². The third-order valence-electron chi connectivity index (χ3n) is 3.25. The highest BCUT2D eigenvalue weighted by Gasteiger charge is 2.30. The number of hydrogen-bond acceptors (Lipinski definition) is 5. The maximum absolute atomic E-state index is 12.6. The van der Waals surface area contributed by atoms with Crippen molar-refractivity contribution in [3.63, 3.8) is 0 Å². The van der Waals surface area contributed by atoms with Gasteiger partial charge in [-0.05, 0) is 31.2 Å². The summed E-state index contributed by atoms with van der Waals surface area (Å²) in [6, 6.07) is 7.43. The summed E-state index contributed by atoms with van der Waals surface area (Å²) in [4.78, 5) is 16.5. The zero-order chi connectivity index (χ0) is 18.0. The predicted octanol–water partition coefficient (Wildman–Crippen LogP) is 4.66. The van der Waals surface area contributed by atoms with Crippen molar-refractivity contribution in [3.8, 4) is 11.5 Å². The Morgan fingerprint density at radius 2 is 1.84 bits per heavy atom. The van der Waals surface area contributed by atoms with Crippen molar-refractivity contribution in [3.05, 3.63) is 59.0 Å². The fraction of sp³-hybridized carbons (Fsp3) is 0.125. The van der Waals surface area contributed by atoms with E-state index in [1.165, 1.54) is 6.07 Å². The van der Waals surface area contributed by atoms with Gasteiger partial charge >= 0.3 is 6.18 Å². The lowest BCUT2D eigenvalue weighted by molar-refractivity contribution is -0.137. The summed E-state index contributed by atoms with van der Waals surface area (Å²) >= 11 is 6.19. The van der Waals surface area contributed by atoms with Gasteiger partial charge < -0.3 is 5.32 Å². The first-order chi connectivity index (χ1) is 11.8. The molecule has 0 aliphatic heterocycles. The SMILES string of the molecule is Cc1nc(-c2ccccn2)nc(Nc2ccc(C(F)(F)F)cn2)c1Cl. The standard InChI is InChI=1S/C16H11ClF3N5/c1-9-13(17)15(25-14(23-9)11-4-2-3-7-21-11)24-12-6-5-10(8-22-12)16(18,19)20/h2-8H,1H3,(H,22,23,24,25). The molecule has 0 spiro atoms. The molecule has 3 aromatic rings. The highest BCUT2D eigenvalue weighted by molar-refractivity contribution is 6.33. The van der Waals surface area contributed by atoms with E-state index in [0.29, 0.717) is 17.2 Å². The van der Waals surface area contributed by atoms with Crippen molar-refractivity contribution < 1.29 is 13.2 Å². The van der Waals surface area contributed by atoms with Crippen LogP contribution in [0.15, 0.2) is 42.7 Å². The molecule has 0 atom stereocenters. The summed E-state index contributed by atoms with van der Waals surface area (Å²) in [6.45, 7) is 1.70. The van der Waals surface area contributed by atoms with Crippen molar-refractivity contribution >= 4 is 23.2 Å². The second-order valence-corrected chi connectivity index (χ2v) is 5.44. The Kier molecular flexibility index (Phi) is 4.54. The quantitative estimate of drug-likeness (QED) is 0.731. The highest BCUT2D eigenvalue weighted by Crippen LogP contribution is 2.31. The number of halogens is 4. The largest absolute Gasteiger partial charge is 0.417 e. The van der Waals surface area contributed by atoms with Crippen LogP contribution in [0.1, 0.15) is 11.3 Å². The lowest BCUT2D eigenvalue weighted by Gasteiger charge is -2.11. The van der Waals surface area contributed by atoms with Gasteiger partial charge in [0.05, 0.1) is 11.3 Å². The van der Waals surface area contributed by atoms with E-state index in [2.05, 4.69) is 25.3 Å². The third kappa shape index (κ3) is 3.85. The molecule has 0 bridgehead atoms. The number of aromatic nitrogens is 4. The number of nitrogens with one attached hydrogen (secondary N) is 1. The first kappa shape index (κ1) is 17.1. The zero-order valence-electron chi connectivity index (χ0n) is 12.8.